The van der Waals surface area contributed by atoms with Crippen LogP contribution >= 0.6 is 12.6 Å². The lowest BCUT2D eigenvalue weighted by molar-refractivity contribution is 0.442. The molecule has 0 heterocycles. The van der Waals surface area contributed by atoms with Crippen LogP contribution in [0.4, 0.5) is 0 Å². The molecule has 1 aromatic rings. The quantitative estimate of drug-likeness (QED) is 0.680. The second-order valence-corrected chi connectivity index (χ2v) is 5.04. The van der Waals surface area contributed by atoms with E-state index in [9.17, 15) is 5.11 Å². The summed E-state index contributed by atoms with van der Waals surface area (Å²) in [5.74, 6) is 0.981. The van der Waals surface area contributed by atoms with E-state index in [1.54, 1.807) is 0 Å². The second-order valence-electron chi connectivity index (χ2n) is 4.73. The summed E-state index contributed by atoms with van der Waals surface area (Å²) in [6, 6.07) is 4.03. The monoisotopic (exact) mass is 210 g/mol. The molecular formula is C12H18OS. The first-order valence-electron chi connectivity index (χ1n) is 4.80. The maximum Gasteiger partial charge on any atom is 0.123 e. The molecule has 2 heteroatoms. The lowest BCUT2D eigenvalue weighted by atomic mass is 9.84. The van der Waals surface area contributed by atoms with Crippen LogP contribution in [0, 0.1) is 6.92 Å². The summed E-state index contributed by atoms with van der Waals surface area (Å²) in [5, 5.41) is 10.00. The van der Waals surface area contributed by atoms with E-state index in [1.165, 1.54) is 5.56 Å². The molecule has 0 fully saturated rings. The lowest BCUT2D eigenvalue weighted by Crippen LogP contribution is -2.12. The van der Waals surface area contributed by atoms with E-state index >= 15 is 0 Å². The van der Waals surface area contributed by atoms with E-state index < -0.39 is 0 Å². The van der Waals surface area contributed by atoms with Crippen LogP contribution in [0.1, 0.15) is 37.5 Å². The molecule has 0 bridgehead atoms. The highest BCUT2D eigenvalue weighted by Crippen LogP contribution is 2.34. The molecule has 0 atom stereocenters. The smallest absolute Gasteiger partial charge is 0.123 e. The zero-order valence-corrected chi connectivity index (χ0v) is 10.2. The fourth-order valence-electron chi connectivity index (χ4n) is 1.55. The Morgan fingerprint density at radius 2 is 1.86 bits per heavy atom. The highest BCUT2D eigenvalue weighted by molar-refractivity contribution is 7.79. The molecule has 0 saturated heterocycles. The Kier molecular flexibility index (Phi) is 3.15. The molecule has 0 radical (unpaired) electrons. The highest BCUT2D eigenvalue weighted by atomic mass is 32.1. The van der Waals surface area contributed by atoms with Crippen molar-refractivity contribution in [3.63, 3.8) is 0 Å². The molecule has 1 rings (SSSR count). The number of rotatable bonds is 1. The number of aryl methyl sites for hydroxylation is 1. The van der Waals surface area contributed by atoms with Crippen molar-refractivity contribution in [2.24, 2.45) is 0 Å². The van der Waals surface area contributed by atoms with Crippen molar-refractivity contribution in [1.82, 2.24) is 0 Å². The van der Waals surface area contributed by atoms with Crippen molar-refractivity contribution in [1.29, 1.82) is 0 Å². The summed E-state index contributed by atoms with van der Waals surface area (Å²) in [4.78, 5) is 0. The van der Waals surface area contributed by atoms with Gasteiger partial charge in [0.15, 0.2) is 0 Å². The Hall–Kier alpha value is -0.630. The Morgan fingerprint density at radius 1 is 1.29 bits per heavy atom. The van der Waals surface area contributed by atoms with Crippen LogP contribution < -0.4 is 0 Å². The number of benzene rings is 1. The predicted octanol–water partition coefficient (Wildman–Crippen LogP) is 3.43. The van der Waals surface area contributed by atoms with Crippen LogP contribution in [0.5, 0.6) is 5.75 Å². The van der Waals surface area contributed by atoms with Gasteiger partial charge in [-0.3, -0.25) is 0 Å². The summed E-state index contributed by atoms with van der Waals surface area (Å²) in [5.41, 5.74) is 3.07. The Labute approximate surface area is 91.6 Å². The van der Waals surface area contributed by atoms with Gasteiger partial charge < -0.3 is 5.11 Å². The van der Waals surface area contributed by atoms with Crippen molar-refractivity contribution in [3.8, 4) is 5.75 Å². The Bertz CT molecular complexity index is 337. The summed E-state index contributed by atoms with van der Waals surface area (Å²) >= 11 is 4.21. The Morgan fingerprint density at radius 3 is 2.29 bits per heavy atom. The minimum atomic E-state index is -0.0200. The minimum absolute atomic E-state index is 0.0200. The third-order valence-corrected chi connectivity index (χ3v) is 2.65. The minimum Gasteiger partial charge on any atom is -0.507 e. The second kappa shape index (κ2) is 3.85. The average molecular weight is 210 g/mol. The largest absolute Gasteiger partial charge is 0.507 e. The first-order valence-corrected chi connectivity index (χ1v) is 5.43. The number of phenolic OH excluding ortho intramolecular Hbond substituents is 1. The molecule has 0 aliphatic heterocycles. The highest BCUT2D eigenvalue weighted by Gasteiger charge is 2.19. The standard InChI is InChI=1S/C12H18OS/c1-8-5-9(7-14)11(13)10(6-8)12(2,3)4/h5-6,13-14H,7H2,1-4H3. The fourth-order valence-corrected chi connectivity index (χ4v) is 1.79. The van der Waals surface area contributed by atoms with Crippen molar-refractivity contribution in [3.05, 3.63) is 28.8 Å². The van der Waals surface area contributed by atoms with Gasteiger partial charge in [0.25, 0.3) is 0 Å². The summed E-state index contributed by atoms with van der Waals surface area (Å²) < 4.78 is 0. The van der Waals surface area contributed by atoms with Gasteiger partial charge in [0.1, 0.15) is 5.75 Å². The van der Waals surface area contributed by atoms with Crippen molar-refractivity contribution in [2.75, 3.05) is 0 Å². The van der Waals surface area contributed by atoms with E-state index in [4.69, 9.17) is 0 Å². The molecular weight excluding hydrogens is 192 g/mol. The van der Waals surface area contributed by atoms with Gasteiger partial charge in [-0.1, -0.05) is 38.5 Å². The molecule has 0 aromatic heterocycles. The van der Waals surface area contributed by atoms with E-state index in [1.807, 2.05) is 19.1 Å². The molecule has 0 aliphatic carbocycles. The molecule has 0 amide bonds. The Balaban J connectivity index is 3.37. The third kappa shape index (κ3) is 2.24. The van der Waals surface area contributed by atoms with Crippen LogP contribution in [0.25, 0.3) is 0 Å². The van der Waals surface area contributed by atoms with Gasteiger partial charge in [-0.05, 0) is 17.9 Å². The fraction of sp³-hybridized carbons (Fsp3) is 0.500. The van der Waals surface area contributed by atoms with Crippen molar-refractivity contribution in [2.45, 2.75) is 38.9 Å². The maximum atomic E-state index is 10.00. The normalized spacial score (nSPS) is 11.8. The van der Waals surface area contributed by atoms with Gasteiger partial charge in [0, 0.05) is 11.3 Å². The number of hydrogen-bond acceptors (Lipinski definition) is 2. The van der Waals surface area contributed by atoms with Crippen molar-refractivity contribution < 1.29 is 5.11 Å². The number of hydrogen-bond donors (Lipinski definition) is 2. The maximum absolute atomic E-state index is 10.00. The molecule has 1 N–H and O–H groups in total. The summed E-state index contributed by atoms with van der Waals surface area (Å²) in [7, 11) is 0. The van der Waals surface area contributed by atoms with Gasteiger partial charge in [0.05, 0.1) is 0 Å². The van der Waals surface area contributed by atoms with E-state index in [-0.39, 0.29) is 5.41 Å². The molecule has 1 aromatic carbocycles. The van der Waals surface area contributed by atoms with Crippen molar-refractivity contribution >= 4 is 12.6 Å². The van der Waals surface area contributed by atoms with Gasteiger partial charge in [-0.25, -0.2) is 0 Å². The van der Waals surface area contributed by atoms with Crippen LogP contribution in [-0.4, -0.2) is 5.11 Å². The molecule has 1 nitrogen and oxygen atoms in total. The SMILES string of the molecule is Cc1cc(CS)c(O)c(C(C)(C)C)c1. The van der Waals surface area contributed by atoms with Crippen LogP contribution in [-0.2, 0) is 11.2 Å². The van der Waals surface area contributed by atoms with E-state index in [0.29, 0.717) is 11.5 Å². The molecule has 14 heavy (non-hydrogen) atoms. The first-order chi connectivity index (χ1) is 6.36. The van der Waals surface area contributed by atoms with E-state index in [0.717, 1.165) is 11.1 Å². The number of thiol groups is 1. The average Bonchev–Trinajstić information content (AvgIpc) is 2.06. The van der Waals surface area contributed by atoms with Gasteiger partial charge in [-0.15, -0.1) is 0 Å². The lowest BCUT2D eigenvalue weighted by Gasteiger charge is -2.22. The molecule has 0 saturated carbocycles. The zero-order valence-electron chi connectivity index (χ0n) is 9.26. The summed E-state index contributed by atoms with van der Waals surface area (Å²) in [6.07, 6.45) is 0. The van der Waals surface area contributed by atoms with Gasteiger partial charge in [-0.2, -0.15) is 12.6 Å². The number of aromatic hydroxyl groups is 1. The molecule has 0 unspecified atom stereocenters. The molecule has 0 spiro atoms. The first kappa shape index (κ1) is 11.4. The van der Waals surface area contributed by atoms with Gasteiger partial charge in [0.2, 0.25) is 0 Å². The predicted molar refractivity (Wildman–Crippen MR) is 64.2 cm³/mol. The summed E-state index contributed by atoms with van der Waals surface area (Å²) in [6.45, 7) is 8.35. The van der Waals surface area contributed by atoms with Crippen LogP contribution in [0.2, 0.25) is 0 Å². The zero-order chi connectivity index (χ0) is 10.9. The van der Waals surface area contributed by atoms with E-state index in [2.05, 4.69) is 33.4 Å². The molecule has 0 aliphatic rings. The van der Waals surface area contributed by atoms with Crippen LogP contribution in [0.15, 0.2) is 12.1 Å². The third-order valence-electron chi connectivity index (χ3n) is 2.31. The topological polar surface area (TPSA) is 20.2 Å². The number of phenols is 1. The van der Waals surface area contributed by atoms with Crippen LogP contribution in [0.3, 0.4) is 0 Å². The molecule has 78 valence electrons. The van der Waals surface area contributed by atoms with Gasteiger partial charge >= 0.3 is 0 Å².